The Morgan fingerprint density at radius 1 is 1.32 bits per heavy atom. The van der Waals surface area contributed by atoms with E-state index in [0.717, 1.165) is 11.3 Å². The third-order valence-corrected chi connectivity index (χ3v) is 4.32. The smallest absolute Gasteiger partial charge is 0.274 e. The van der Waals surface area contributed by atoms with E-state index in [1.807, 2.05) is 14.0 Å². The molecule has 0 unspecified atom stereocenters. The minimum atomic E-state index is -0.520. The van der Waals surface area contributed by atoms with Crippen LogP contribution >= 0.6 is 11.6 Å². The van der Waals surface area contributed by atoms with Gasteiger partial charge in [0.05, 0.1) is 22.6 Å². The van der Waals surface area contributed by atoms with Crippen LogP contribution in [-0.4, -0.2) is 30.7 Å². The lowest BCUT2D eigenvalue weighted by Crippen LogP contribution is -2.24. The van der Waals surface area contributed by atoms with Gasteiger partial charge in [0.15, 0.2) is 5.69 Å². The molecule has 130 valence electrons. The van der Waals surface area contributed by atoms with Crippen LogP contribution in [-0.2, 0) is 13.6 Å². The zero-order valence-corrected chi connectivity index (χ0v) is 14.7. The topological polar surface area (TPSA) is 77.6 Å². The van der Waals surface area contributed by atoms with Gasteiger partial charge in [0.25, 0.3) is 5.91 Å². The van der Waals surface area contributed by atoms with Crippen molar-refractivity contribution in [2.75, 3.05) is 0 Å². The molecule has 1 N–H and O–H groups in total. The predicted octanol–water partition coefficient (Wildman–Crippen LogP) is 2.34. The summed E-state index contributed by atoms with van der Waals surface area (Å²) in [4.78, 5) is 12.4. The number of aromatic nitrogens is 5. The summed E-state index contributed by atoms with van der Waals surface area (Å²) in [5, 5.41) is 14.8. The predicted molar refractivity (Wildman–Crippen MR) is 90.2 cm³/mol. The molecule has 0 atom stereocenters. The van der Waals surface area contributed by atoms with Crippen molar-refractivity contribution in [3.05, 3.63) is 57.9 Å². The number of amides is 1. The molecule has 25 heavy (non-hydrogen) atoms. The van der Waals surface area contributed by atoms with Crippen molar-refractivity contribution >= 4 is 17.5 Å². The van der Waals surface area contributed by atoms with E-state index in [-0.39, 0.29) is 16.6 Å². The van der Waals surface area contributed by atoms with Crippen molar-refractivity contribution in [1.82, 2.24) is 30.1 Å². The molecule has 0 radical (unpaired) electrons. The summed E-state index contributed by atoms with van der Waals surface area (Å²) in [6.45, 7) is 3.98. The number of aryl methyl sites for hydroxylation is 1. The van der Waals surface area contributed by atoms with E-state index < -0.39 is 5.82 Å². The van der Waals surface area contributed by atoms with Gasteiger partial charge in [0, 0.05) is 24.8 Å². The van der Waals surface area contributed by atoms with Gasteiger partial charge in [0.1, 0.15) is 5.82 Å². The van der Waals surface area contributed by atoms with Gasteiger partial charge in [-0.1, -0.05) is 16.8 Å². The molecule has 9 heteroatoms. The molecule has 0 saturated heterocycles. The fourth-order valence-corrected chi connectivity index (χ4v) is 2.55. The molecule has 1 aromatic carbocycles. The lowest BCUT2D eigenvalue weighted by Gasteiger charge is -2.06. The largest absolute Gasteiger partial charge is 0.346 e. The molecule has 2 aromatic heterocycles. The highest BCUT2D eigenvalue weighted by molar-refractivity contribution is 6.30. The Labute approximate surface area is 148 Å². The van der Waals surface area contributed by atoms with Crippen LogP contribution < -0.4 is 5.32 Å². The van der Waals surface area contributed by atoms with Crippen LogP contribution in [0.3, 0.4) is 0 Å². The van der Waals surface area contributed by atoms with Crippen LogP contribution in [0.25, 0.3) is 5.69 Å². The van der Waals surface area contributed by atoms with E-state index in [0.29, 0.717) is 17.9 Å². The molecule has 0 aliphatic heterocycles. The Balaban J connectivity index is 1.79. The summed E-state index contributed by atoms with van der Waals surface area (Å²) in [5.74, 6) is -0.867. The average molecular weight is 363 g/mol. The van der Waals surface area contributed by atoms with Crippen LogP contribution in [0, 0.1) is 19.7 Å². The molecular formula is C16H16ClFN6O. The maximum atomic E-state index is 13.3. The highest BCUT2D eigenvalue weighted by Gasteiger charge is 2.18. The van der Waals surface area contributed by atoms with Crippen LogP contribution in [0.15, 0.2) is 24.4 Å². The first kappa shape index (κ1) is 17.1. The van der Waals surface area contributed by atoms with Crippen molar-refractivity contribution in [2.45, 2.75) is 20.4 Å². The van der Waals surface area contributed by atoms with Crippen molar-refractivity contribution in [3.63, 3.8) is 0 Å². The van der Waals surface area contributed by atoms with E-state index in [9.17, 15) is 9.18 Å². The third-order valence-electron chi connectivity index (χ3n) is 4.03. The number of nitrogens with one attached hydrogen (secondary N) is 1. The Bertz CT molecular complexity index is 948. The highest BCUT2D eigenvalue weighted by atomic mass is 35.5. The molecule has 0 aliphatic rings. The molecule has 0 fully saturated rings. The maximum Gasteiger partial charge on any atom is 0.274 e. The number of nitrogens with zero attached hydrogens (tertiary/aromatic N) is 5. The van der Waals surface area contributed by atoms with Gasteiger partial charge in [-0.2, -0.15) is 5.10 Å². The average Bonchev–Trinajstić information content (AvgIpc) is 3.12. The quantitative estimate of drug-likeness (QED) is 0.772. The number of rotatable bonds is 4. The van der Waals surface area contributed by atoms with Gasteiger partial charge in [-0.05, 0) is 32.0 Å². The van der Waals surface area contributed by atoms with Crippen LogP contribution in [0.1, 0.15) is 27.4 Å². The summed E-state index contributed by atoms with van der Waals surface area (Å²) in [6.07, 6.45) is 1.71. The minimum absolute atomic E-state index is 0.0227. The standard InChI is InChI=1S/C16H16ClFN6O/c1-9-11(8-20-23(9)3)7-19-16(25)15-10(2)24(22-21-15)12-4-5-14(18)13(17)6-12/h4-6,8H,7H2,1-3H3,(H,19,25). The van der Waals surface area contributed by atoms with Crippen molar-refractivity contribution in [2.24, 2.45) is 7.05 Å². The molecule has 0 spiro atoms. The second kappa shape index (κ2) is 6.64. The number of hydrogen-bond donors (Lipinski definition) is 1. The van der Waals surface area contributed by atoms with Gasteiger partial charge in [0.2, 0.25) is 0 Å². The summed E-state index contributed by atoms with van der Waals surface area (Å²) in [5.41, 5.74) is 3.15. The Hall–Kier alpha value is -2.74. The molecule has 0 bridgehead atoms. The van der Waals surface area contributed by atoms with E-state index in [1.54, 1.807) is 17.8 Å². The Morgan fingerprint density at radius 3 is 2.72 bits per heavy atom. The summed E-state index contributed by atoms with van der Waals surface area (Å²) >= 11 is 5.80. The van der Waals surface area contributed by atoms with Crippen LogP contribution in [0.2, 0.25) is 5.02 Å². The van der Waals surface area contributed by atoms with Crippen molar-refractivity contribution < 1.29 is 9.18 Å². The van der Waals surface area contributed by atoms with Gasteiger partial charge in [-0.3, -0.25) is 9.48 Å². The zero-order chi connectivity index (χ0) is 18.1. The Kier molecular flexibility index (Phi) is 4.54. The maximum absolute atomic E-state index is 13.3. The summed E-state index contributed by atoms with van der Waals surface area (Å²) in [7, 11) is 1.84. The number of hydrogen-bond acceptors (Lipinski definition) is 4. The van der Waals surface area contributed by atoms with Gasteiger partial charge in [-0.15, -0.1) is 5.10 Å². The van der Waals surface area contributed by atoms with Crippen molar-refractivity contribution in [3.8, 4) is 5.69 Å². The number of carbonyl (C=O) groups is 1. The first-order valence-corrected chi connectivity index (χ1v) is 7.89. The first-order valence-electron chi connectivity index (χ1n) is 7.52. The van der Waals surface area contributed by atoms with E-state index in [4.69, 9.17) is 11.6 Å². The first-order chi connectivity index (χ1) is 11.9. The SMILES string of the molecule is Cc1c(CNC(=O)c2nnn(-c3ccc(F)c(Cl)c3)c2C)cnn1C. The minimum Gasteiger partial charge on any atom is -0.346 e. The molecule has 2 heterocycles. The lowest BCUT2D eigenvalue weighted by atomic mass is 10.2. The summed E-state index contributed by atoms with van der Waals surface area (Å²) < 4.78 is 16.5. The third kappa shape index (κ3) is 3.25. The molecule has 3 rings (SSSR count). The zero-order valence-electron chi connectivity index (χ0n) is 13.9. The molecule has 3 aromatic rings. The fraction of sp³-hybridized carbons (Fsp3) is 0.250. The van der Waals surface area contributed by atoms with Crippen LogP contribution in [0.4, 0.5) is 4.39 Å². The summed E-state index contributed by atoms with van der Waals surface area (Å²) in [6, 6.07) is 4.19. The van der Waals surface area contributed by atoms with Crippen molar-refractivity contribution in [1.29, 1.82) is 0 Å². The Morgan fingerprint density at radius 2 is 2.08 bits per heavy atom. The number of carbonyl (C=O) groups excluding carboxylic acids is 1. The van der Waals surface area contributed by atoms with Gasteiger partial charge in [-0.25, -0.2) is 9.07 Å². The van der Waals surface area contributed by atoms with E-state index in [1.165, 1.54) is 22.9 Å². The normalized spacial score (nSPS) is 10.9. The lowest BCUT2D eigenvalue weighted by molar-refractivity contribution is 0.0945. The molecular weight excluding hydrogens is 347 g/mol. The van der Waals surface area contributed by atoms with Gasteiger partial charge >= 0.3 is 0 Å². The monoisotopic (exact) mass is 362 g/mol. The molecule has 0 aliphatic carbocycles. The molecule has 0 saturated carbocycles. The van der Waals surface area contributed by atoms with Gasteiger partial charge < -0.3 is 5.32 Å². The van der Waals surface area contributed by atoms with Crippen LogP contribution in [0.5, 0.6) is 0 Å². The number of benzene rings is 1. The second-order valence-corrected chi connectivity index (χ2v) is 6.00. The second-order valence-electron chi connectivity index (χ2n) is 5.60. The fourth-order valence-electron chi connectivity index (χ4n) is 2.38. The van der Waals surface area contributed by atoms with E-state index in [2.05, 4.69) is 20.7 Å². The molecule has 1 amide bonds. The van der Waals surface area contributed by atoms with E-state index >= 15 is 0 Å². The number of halogens is 2. The molecule has 7 nitrogen and oxygen atoms in total. The highest BCUT2D eigenvalue weighted by Crippen LogP contribution is 2.20.